The molecule has 0 aliphatic carbocycles. The smallest absolute Gasteiger partial charge is 0.150 e. The van der Waals surface area contributed by atoms with Gasteiger partial charge in [-0.1, -0.05) is 24.3 Å². The summed E-state index contributed by atoms with van der Waals surface area (Å²) >= 11 is 0. The predicted octanol–water partition coefficient (Wildman–Crippen LogP) is 2.27. The molecule has 0 saturated carbocycles. The first-order valence-corrected chi connectivity index (χ1v) is 4.51. The minimum Gasteiger partial charge on any atom is -0.506 e. The van der Waals surface area contributed by atoms with Crippen LogP contribution < -0.4 is 0 Å². The highest BCUT2D eigenvalue weighted by molar-refractivity contribution is 5.77. The average Bonchev–Trinajstić information content (AvgIpc) is 2.30. The molecule has 0 fully saturated rings. The van der Waals surface area contributed by atoms with E-state index in [0.717, 1.165) is 11.8 Å². The Balaban J connectivity index is 2.46. The SMILES string of the molecule is O=Cc1ccc(-c2ncccc2O)cc1. The molecule has 15 heavy (non-hydrogen) atoms. The highest BCUT2D eigenvalue weighted by Crippen LogP contribution is 2.25. The van der Waals surface area contributed by atoms with E-state index in [9.17, 15) is 9.90 Å². The van der Waals surface area contributed by atoms with Gasteiger partial charge in [-0.15, -0.1) is 0 Å². The molecule has 0 spiro atoms. The molecule has 0 unspecified atom stereocenters. The molecule has 0 bridgehead atoms. The van der Waals surface area contributed by atoms with Crippen LogP contribution in [0.15, 0.2) is 42.6 Å². The maximum atomic E-state index is 10.5. The fraction of sp³-hybridized carbons (Fsp3) is 0. The van der Waals surface area contributed by atoms with Gasteiger partial charge in [-0.3, -0.25) is 9.78 Å². The summed E-state index contributed by atoms with van der Waals surface area (Å²) in [5, 5.41) is 9.56. The van der Waals surface area contributed by atoms with Gasteiger partial charge in [0.15, 0.2) is 0 Å². The van der Waals surface area contributed by atoms with Crippen molar-refractivity contribution in [3.63, 3.8) is 0 Å². The van der Waals surface area contributed by atoms with E-state index in [2.05, 4.69) is 4.98 Å². The van der Waals surface area contributed by atoms with Gasteiger partial charge in [0.05, 0.1) is 0 Å². The molecule has 2 aromatic rings. The van der Waals surface area contributed by atoms with Gasteiger partial charge in [0.2, 0.25) is 0 Å². The minimum atomic E-state index is 0.136. The van der Waals surface area contributed by atoms with Crippen molar-refractivity contribution in [3.8, 4) is 17.0 Å². The van der Waals surface area contributed by atoms with Gasteiger partial charge in [0.25, 0.3) is 0 Å². The third-order valence-electron chi connectivity index (χ3n) is 2.11. The third kappa shape index (κ3) is 1.86. The van der Waals surface area contributed by atoms with Crippen LogP contribution in [0.4, 0.5) is 0 Å². The molecule has 3 heteroatoms. The number of nitrogens with zero attached hydrogens (tertiary/aromatic N) is 1. The van der Waals surface area contributed by atoms with E-state index in [1.807, 2.05) is 0 Å². The van der Waals surface area contributed by atoms with Crippen molar-refractivity contribution < 1.29 is 9.90 Å². The summed E-state index contributed by atoms with van der Waals surface area (Å²) in [4.78, 5) is 14.5. The lowest BCUT2D eigenvalue weighted by atomic mass is 10.1. The summed E-state index contributed by atoms with van der Waals surface area (Å²) < 4.78 is 0. The van der Waals surface area contributed by atoms with E-state index in [1.54, 1.807) is 42.6 Å². The Bertz CT molecular complexity index is 477. The predicted molar refractivity (Wildman–Crippen MR) is 56.7 cm³/mol. The number of carbonyl (C=O) groups is 1. The quantitative estimate of drug-likeness (QED) is 0.755. The lowest BCUT2D eigenvalue weighted by Gasteiger charge is -2.02. The molecule has 0 aliphatic heterocycles. The molecule has 1 N–H and O–H groups in total. The first kappa shape index (κ1) is 9.40. The Morgan fingerprint density at radius 3 is 2.47 bits per heavy atom. The normalized spacial score (nSPS) is 9.87. The summed E-state index contributed by atoms with van der Waals surface area (Å²) in [7, 11) is 0. The number of aldehydes is 1. The molecule has 0 amide bonds. The molecule has 1 heterocycles. The van der Waals surface area contributed by atoms with Crippen molar-refractivity contribution in [2.24, 2.45) is 0 Å². The van der Waals surface area contributed by atoms with Gasteiger partial charge in [0, 0.05) is 17.3 Å². The van der Waals surface area contributed by atoms with Crippen LogP contribution in [0.25, 0.3) is 11.3 Å². The molecule has 0 radical (unpaired) electrons. The van der Waals surface area contributed by atoms with Gasteiger partial charge >= 0.3 is 0 Å². The van der Waals surface area contributed by atoms with Gasteiger partial charge in [-0.2, -0.15) is 0 Å². The molecular formula is C12H9NO2. The highest BCUT2D eigenvalue weighted by Gasteiger charge is 2.03. The largest absolute Gasteiger partial charge is 0.506 e. The zero-order valence-corrected chi connectivity index (χ0v) is 7.92. The molecule has 1 aromatic carbocycles. The van der Waals surface area contributed by atoms with E-state index in [0.29, 0.717) is 11.3 Å². The minimum absolute atomic E-state index is 0.136. The van der Waals surface area contributed by atoms with E-state index in [-0.39, 0.29) is 5.75 Å². The van der Waals surface area contributed by atoms with Crippen molar-refractivity contribution >= 4 is 6.29 Å². The van der Waals surface area contributed by atoms with E-state index in [4.69, 9.17) is 0 Å². The summed E-state index contributed by atoms with van der Waals surface area (Å²) in [5.74, 6) is 0.136. The van der Waals surface area contributed by atoms with Crippen molar-refractivity contribution in [3.05, 3.63) is 48.2 Å². The number of hydrogen-bond donors (Lipinski definition) is 1. The number of hydrogen-bond acceptors (Lipinski definition) is 3. The molecule has 1 aromatic heterocycles. The molecule has 0 saturated heterocycles. The number of aromatic hydroxyl groups is 1. The standard InChI is InChI=1S/C12H9NO2/c14-8-9-3-5-10(6-4-9)12-11(15)2-1-7-13-12/h1-8,15H. The summed E-state index contributed by atoms with van der Waals surface area (Å²) in [6, 6.07) is 10.1. The second-order valence-corrected chi connectivity index (χ2v) is 3.11. The lowest BCUT2D eigenvalue weighted by Crippen LogP contribution is -1.84. The maximum absolute atomic E-state index is 10.5. The lowest BCUT2D eigenvalue weighted by molar-refractivity contribution is 0.112. The fourth-order valence-electron chi connectivity index (χ4n) is 1.34. The molecule has 3 nitrogen and oxygen atoms in total. The van der Waals surface area contributed by atoms with Gasteiger partial charge in [0.1, 0.15) is 17.7 Å². The average molecular weight is 199 g/mol. The van der Waals surface area contributed by atoms with Crippen molar-refractivity contribution in [2.75, 3.05) is 0 Å². The number of rotatable bonds is 2. The molecular weight excluding hydrogens is 190 g/mol. The molecule has 2 rings (SSSR count). The van der Waals surface area contributed by atoms with Crippen LogP contribution in [-0.2, 0) is 0 Å². The van der Waals surface area contributed by atoms with Crippen molar-refractivity contribution in [1.82, 2.24) is 4.98 Å². The van der Waals surface area contributed by atoms with Crippen LogP contribution in [-0.4, -0.2) is 16.4 Å². The van der Waals surface area contributed by atoms with Crippen LogP contribution in [0.3, 0.4) is 0 Å². The first-order valence-electron chi connectivity index (χ1n) is 4.51. The number of aromatic nitrogens is 1. The first-order chi connectivity index (χ1) is 7.31. The highest BCUT2D eigenvalue weighted by atomic mass is 16.3. The van der Waals surface area contributed by atoms with Crippen LogP contribution in [0.5, 0.6) is 5.75 Å². The summed E-state index contributed by atoms with van der Waals surface area (Å²) in [5.41, 5.74) is 1.92. The number of benzene rings is 1. The van der Waals surface area contributed by atoms with E-state index in [1.165, 1.54) is 0 Å². The van der Waals surface area contributed by atoms with E-state index >= 15 is 0 Å². The Hall–Kier alpha value is -2.16. The van der Waals surface area contributed by atoms with Gasteiger partial charge < -0.3 is 5.11 Å². The molecule has 0 aliphatic rings. The zero-order valence-electron chi connectivity index (χ0n) is 7.92. The van der Waals surface area contributed by atoms with Crippen LogP contribution in [0, 0.1) is 0 Å². The molecule has 74 valence electrons. The second-order valence-electron chi connectivity index (χ2n) is 3.11. The van der Waals surface area contributed by atoms with Crippen molar-refractivity contribution in [2.45, 2.75) is 0 Å². The number of pyridine rings is 1. The van der Waals surface area contributed by atoms with Crippen molar-refractivity contribution in [1.29, 1.82) is 0 Å². The zero-order chi connectivity index (χ0) is 10.7. The summed E-state index contributed by atoms with van der Waals surface area (Å²) in [6.45, 7) is 0. The Morgan fingerprint density at radius 2 is 1.87 bits per heavy atom. The fourth-order valence-corrected chi connectivity index (χ4v) is 1.34. The Labute approximate surface area is 87.0 Å². The Morgan fingerprint density at radius 1 is 1.13 bits per heavy atom. The molecule has 0 atom stereocenters. The monoisotopic (exact) mass is 199 g/mol. The Kier molecular flexibility index (Phi) is 2.46. The van der Waals surface area contributed by atoms with E-state index < -0.39 is 0 Å². The third-order valence-corrected chi connectivity index (χ3v) is 2.11. The van der Waals surface area contributed by atoms with Gasteiger partial charge in [-0.05, 0) is 12.1 Å². The van der Waals surface area contributed by atoms with Crippen LogP contribution in [0.2, 0.25) is 0 Å². The topological polar surface area (TPSA) is 50.2 Å². The maximum Gasteiger partial charge on any atom is 0.150 e. The number of carbonyl (C=O) groups excluding carboxylic acids is 1. The van der Waals surface area contributed by atoms with Gasteiger partial charge in [-0.25, -0.2) is 0 Å². The summed E-state index contributed by atoms with van der Waals surface area (Å²) in [6.07, 6.45) is 2.39. The van der Waals surface area contributed by atoms with Crippen LogP contribution >= 0.6 is 0 Å². The second kappa shape index (κ2) is 3.92. The van der Waals surface area contributed by atoms with Crippen LogP contribution in [0.1, 0.15) is 10.4 Å².